The maximum absolute atomic E-state index is 10.8. The summed E-state index contributed by atoms with van der Waals surface area (Å²) in [5.74, 6) is -3.73. The fraction of sp³-hybridized carbons (Fsp3) is 0.0769. The van der Waals surface area contributed by atoms with Crippen molar-refractivity contribution in [3.63, 3.8) is 0 Å². The lowest BCUT2D eigenvalue weighted by molar-refractivity contribution is 0.0604. The van der Waals surface area contributed by atoms with E-state index in [4.69, 9.17) is 15.3 Å². The summed E-state index contributed by atoms with van der Waals surface area (Å²) in [6.45, 7) is 0. The molecule has 0 amide bonds. The van der Waals surface area contributed by atoms with Crippen molar-refractivity contribution in [2.45, 2.75) is 0 Å². The Morgan fingerprint density at radius 2 is 1.04 bits per heavy atom. The van der Waals surface area contributed by atoms with Crippen molar-refractivity contribution in [2.24, 2.45) is 0 Å². The van der Waals surface area contributed by atoms with Crippen molar-refractivity contribution in [1.82, 2.24) is 0 Å². The lowest BCUT2D eigenvalue weighted by atomic mass is 10.4. The molecule has 3 N–H and O–H groups in total. The van der Waals surface area contributed by atoms with E-state index in [-0.39, 0.29) is 14.6 Å². The number of hydrogen-bond donors (Lipinski definition) is 3. The van der Waals surface area contributed by atoms with Crippen molar-refractivity contribution in [3.8, 4) is 0 Å². The Hall–Kier alpha value is -2.72. The van der Waals surface area contributed by atoms with Gasteiger partial charge in [0.15, 0.2) is 0 Å². The molecule has 2 aromatic rings. The summed E-state index contributed by atoms with van der Waals surface area (Å²) in [7, 11) is 1.25. The van der Waals surface area contributed by atoms with Crippen LogP contribution in [0.1, 0.15) is 38.7 Å². The van der Waals surface area contributed by atoms with E-state index in [9.17, 15) is 19.2 Å². The number of methoxy groups -OCH3 is 1. The standard InChI is InChI=1S/C7H6O4S.C6H4O4S/c1-11-7(10)5-3-2-4(12-5)6(8)9;7-5(8)3-1-2-4(11-3)6(9)10/h2-3H,1H3,(H,8,9);1-2H,(H,7,8)(H,9,10). The van der Waals surface area contributed by atoms with Crippen LogP contribution in [0.2, 0.25) is 0 Å². The third kappa shape index (κ3) is 5.20. The van der Waals surface area contributed by atoms with Gasteiger partial charge in [-0.1, -0.05) is 0 Å². The Kier molecular flexibility index (Phi) is 6.42. The molecule has 122 valence electrons. The van der Waals surface area contributed by atoms with Crippen molar-refractivity contribution in [2.75, 3.05) is 7.11 Å². The Morgan fingerprint density at radius 1 is 0.739 bits per heavy atom. The molecule has 0 bridgehead atoms. The molecule has 0 saturated carbocycles. The zero-order valence-corrected chi connectivity index (χ0v) is 13.1. The number of thiophene rings is 2. The Bertz CT molecular complexity index is 714. The molecule has 0 fully saturated rings. The summed E-state index contributed by atoms with van der Waals surface area (Å²) >= 11 is 1.65. The number of esters is 1. The van der Waals surface area contributed by atoms with E-state index in [1.54, 1.807) is 0 Å². The van der Waals surface area contributed by atoms with Gasteiger partial charge in [0.25, 0.3) is 0 Å². The van der Waals surface area contributed by atoms with Gasteiger partial charge in [-0.3, -0.25) is 0 Å². The molecule has 2 aromatic heterocycles. The first kappa shape index (κ1) is 18.3. The van der Waals surface area contributed by atoms with E-state index in [1.165, 1.54) is 31.4 Å². The van der Waals surface area contributed by atoms with E-state index in [2.05, 4.69) is 4.74 Å². The minimum absolute atomic E-state index is 0.0439. The molecule has 2 rings (SSSR count). The fourth-order valence-electron chi connectivity index (χ4n) is 1.23. The van der Waals surface area contributed by atoms with E-state index in [0.29, 0.717) is 4.88 Å². The quantitative estimate of drug-likeness (QED) is 0.708. The van der Waals surface area contributed by atoms with Crippen molar-refractivity contribution >= 4 is 46.6 Å². The number of carboxylic acids is 3. The average Bonchev–Trinajstić information content (AvgIpc) is 3.16. The first-order chi connectivity index (χ1) is 10.8. The van der Waals surface area contributed by atoms with Crippen molar-refractivity contribution < 1.29 is 39.2 Å². The van der Waals surface area contributed by atoms with E-state index >= 15 is 0 Å². The first-order valence-corrected chi connectivity index (χ1v) is 7.37. The molecule has 10 heteroatoms. The lowest BCUT2D eigenvalue weighted by Gasteiger charge is -1.91. The molecule has 0 radical (unpaired) electrons. The number of aromatic carboxylic acids is 3. The van der Waals surface area contributed by atoms with Gasteiger partial charge in [0, 0.05) is 0 Å². The summed E-state index contributed by atoms with van der Waals surface area (Å²) in [5.41, 5.74) is 0. The van der Waals surface area contributed by atoms with Crippen LogP contribution in [0, 0.1) is 0 Å². The van der Waals surface area contributed by atoms with Crippen LogP contribution in [-0.4, -0.2) is 46.3 Å². The Labute approximate surface area is 137 Å². The van der Waals surface area contributed by atoms with Gasteiger partial charge in [0.2, 0.25) is 0 Å². The molecule has 0 aromatic carbocycles. The Balaban J connectivity index is 0.000000231. The topological polar surface area (TPSA) is 138 Å². The summed E-state index contributed by atoms with van der Waals surface area (Å²) in [4.78, 5) is 42.3. The van der Waals surface area contributed by atoms with Gasteiger partial charge in [-0.2, -0.15) is 0 Å². The minimum atomic E-state index is -1.09. The summed E-state index contributed by atoms with van der Waals surface area (Å²) < 4.78 is 4.41. The largest absolute Gasteiger partial charge is 0.477 e. The van der Waals surface area contributed by atoms with Gasteiger partial charge < -0.3 is 20.1 Å². The predicted molar refractivity (Wildman–Crippen MR) is 80.9 cm³/mol. The van der Waals surface area contributed by atoms with Crippen LogP contribution < -0.4 is 0 Å². The van der Waals surface area contributed by atoms with Crippen molar-refractivity contribution in [1.29, 1.82) is 0 Å². The molecule has 0 unspecified atom stereocenters. The van der Waals surface area contributed by atoms with Gasteiger partial charge in [-0.05, 0) is 24.3 Å². The molecule has 23 heavy (non-hydrogen) atoms. The van der Waals surface area contributed by atoms with Crippen LogP contribution in [0.25, 0.3) is 0 Å². The number of carbonyl (C=O) groups is 4. The highest BCUT2D eigenvalue weighted by atomic mass is 32.1. The highest BCUT2D eigenvalue weighted by Crippen LogP contribution is 2.17. The molecule has 0 saturated heterocycles. The number of carbonyl (C=O) groups excluding carboxylic acids is 1. The second-order valence-electron chi connectivity index (χ2n) is 3.73. The Morgan fingerprint density at radius 3 is 1.30 bits per heavy atom. The highest BCUT2D eigenvalue weighted by Gasteiger charge is 2.12. The maximum atomic E-state index is 10.8. The van der Waals surface area contributed by atoms with Crippen LogP contribution in [0.15, 0.2) is 24.3 Å². The zero-order valence-electron chi connectivity index (χ0n) is 11.5. The maximum Gasteiger partial charge on any atom is 0.348 e. The van der Waals surface area contributed by atoms with Crippen LogP contribution in [0.3, 0.4) is 0 Å². The minimum Gasteiger partial charge on any atom is -0.477 e. The molecule has 0 aliphatic carbocycles. The molecular weight excluding hydrogens is 348 g/mol. The van der Waals surface area contributed by atoms with Crippen LogP contribution >= 0.6 is 22.7 Å². The third-order valence-corrected chi connectivity index (χ3v) is 4.35. The number of rotatable bonds is 4. The molecule has 0 atom stereocenters. The van der Waals surface area contributed by atoms with Gasteiger partial charge in [0.1, 0.15) is 19.5 Å². The fourth-order valence-corrected chi connectivity index (χ4v) is 2.68. The third-order valence-electron chi connectivity index (χ3n) is 2.23. The monoisotopic (exact) mass is 358 g/mol. The predicted octanol–water partition coefficient (Wildman–Crippen LogP) is 2.38. The molecular formula is C13H10O8S2. The average molecular weight is 358 g/mol. The normalized spacial score (nSPS) is 9.43. The highest BCUT2D eigenvalue weighted by molar-refractivity contribution is 7.16. The zero-order chi connectivity index (χ0) is 17.6. The SMILES string of the molecule is COC(=O)c1ccc(C(=O)O)s1.O=C(O)c1ccc(C(=O)O)s1. The smallest absolute Gasteiger partial charge is 0.348 e. The van der Waals surface area contributed by atoms with E-state index in [1.807, 2.05) is 0 Å². The van der Waals surface area contributed by atoms with Crippen molar-refractivity contribution in [3.05, 3.63) is 43.8 Å². The second-order valence-corrected chi connectivity index (χ2v) is 5.90. The lowest BCUT2D eigenvalue weighted by Crippen LogP contribution is -1.97. The van der Waals surface area contributed by atoms with Crippen LogP contribution in [0.5, 0.6) is 0 Å². The van der Waals surface area contributed by atoms with Gasteiger partial charge in [0.05, 0.1) is 7.11 Å². The summed E-state index contributed by atoms with van der Waals surface area (Å²) in [6, 6.07) is 5.35. The molecule has 2 heterocycles. The van der Waals surface area contributed by atoms with Crippen LogP contribution in [-0.2, 0) is 4.74 Å². The summed E-state index contributed by atoms with van der Waals surface area (Å²) in [5, 5.41) is 25.3. The molecule has 8 nitrogen and oxygen atoms in total. The number of ether oxygens (including phenoxy) is 1. The van der Waals surface area contributed by atoms with Gasteiger partial charge >= 0.3 is 23.9 Å². The molecule has 0 aliphatic rings. The van der Waals surface area contributed by atoms with E-state index < -0.39 is 23.9 Å². The second kappa shape index (κ2) is 8.06. The molecule has 0 aliphatic heterocycles. The molecule has 0 spiro atoms. The van der Waals surface area contributed by atoms with E-state index in [0.717, 1.165) is 22.7 Å². The first-order valence-electron chi connectivity index (χ1n) is 5.74. The van der Waals surface area contributed by atoms with Crippen LogP contribution in [0.4, 0.5) is 0 Å². The van der Waals surface area contributed by atoms with Gasteiger partial charge in [-0.15, -0.1) is 22.7 Å². The number of hydrogen-bond acceptors (Lipinski definition) is 7. The summed E-state index contributed by atoms with van der Waals surface area (Å²) in [6.07, 6.45) is 0. The number of carboxylic acid groups (broad SMARTS) is 3. The van der Waals surface area contributed by atoms with Gasteiger partial charge in [-0.25, -0.2) is 19.2 Å².